The van der Waals surface area contributed by atoms with E-state index in [0.29, 0.717) is 16.5 Å². The van der Waals surface area contributed by atoms with Crippen molar-refractivity contribution in [2.24, 2.45) is 0 Å². The zero-order valence-corrected chi connectivity index (χ0v) is 12.5. The number of carbonyl (C=O) groups is 1. The second-order valence-corrected chi connectivity index (χ2v) is 5.32. The fourth-order valence-corrected chi connectivity index (χ4v) is 2.75. The van der Waals surface area contributed by atoms with E-state index >= 15 is 0 Å². The van der Waals surface area contributed by atoms with E-state index < -0.39 is 0 Å². The highest BCUT2D eigenvalue weighted by atomic mass is 35.5. The number of methoxy groups -OCH3 is 1. The van der Waals surface area contributed by atoms with Crippen molar-refractivity contribution in [2.75, 3.05) is 7.11 Å². The van der Waals surface area contributed by atoms with Gasteiger partial charge in [-0.2, -0.15) is 0 Å². The van der Waals surface area contributed by atoms with Gasteiger partial charge in [0.05, 0.1) is 17.8 Å². The molecule has 2 aromatic heterocycles. The number of pyridine rings is 1. The zero-order valence-electron chi connectivity index (χ0n) is 11.8. The van der Waals surface area contributed by atoms with Crippen molar-refractivity contribution in [3.8, 4) is 16.9 Å². The first-order chi connectivity index (χ1) is 10.1. The van der Waals surface area contributed by atoms with E-state index in [1.807, 2.05) is 47.9 Å². The molecule has 0 radical (unpaired) electrons. The average molecular weight is 300 g/mol. The second kappa shape index (κ2) is 5.26. The maximum Gasteiger partial charge on any atom is 0.167 e. The predicted octanol–water partition coefficient (Wildman–Crippen LogP) is 4.39. The van der Waals surface area contributed by atoms with E-state index in [-0.39, 0.29) is 0 Å². The summed E-state index contributed by atoms with van der Waals surface area (Å²) in [5.41, 5.74) is 4.51. The molecule has 0 aliphatic rings. The lowest BCUT2D eigenvalue weighted by Gasteiger charge is -2.05. The third kappa shape index (κ3) is 2.30. The summed E-state index contributed by atoms with van der Waals surface area (Å²) in [4.78, 5) is 11.5. The molecule has 0 saturated heterocycles. The number of carbonyl (C=O) groups excluding carboxylic acids is 1. The van der Waals surface area contributed by atoms with Gasteiger partial charge in [0.2, 0.25) is 0 Å². The van der Waals surface area contributed by atoms with Crippen LogP contribution in [0.15, 0.2) is 42.6 Å². The van der Waals surface area contributed by atoms with Crippen LogP contribution in [0.4, 0.5) is 0 Å². The monoisotopic (exact) mass is 299 g/mol. The fraction of sp³-hybridized carbons (Fsp3) is 0.118. The molecule has 2 heterocycles. The molecule has 0 N–H and O–H groups in total. The summed E-state index contributed by atoms with van der Waals surface area (Å²) in [6, 6.07) is 11.5. The van der Waals surface area contributed by atoms with Crippen molar-refractivity contribution in [3.63, 3.8) is 0 Å². The lowest BCUT2D eigenvalue weighted by atomic mass is 10.1. The lowest BCUT2D eigenvalue weighted by Crippen LogP contribution is -1.92. The van der Waals surface area contributed by atoms with Gasteiger partial charge in [0.15, 0.2) is 6.29 Å². The number of aryl methyl sites for hydroxylation is 1. The normalized spacial score (nSPS) is 10.8. The number of halogens is 1. The topological polar surface area (TPSA) is 30.7 Å². The van der Waals surface area contributed by atoms with Gasteiger partial charge in [-0.1, -0.05) is 17.7 Å². The largest absolute Gasteiger partial charge is 0.495 e. The van der Waals surface area contributed by atoms with E-state index in [1.165, 1.54) is 0 Å². The summed E-state index contributed by atoms with van der Waals surface area (Å²) in [5, 5.41) is 0.526. The van der Waals surface area contributed by atoms with E-state index in [0.717, 1.165) is 28.5 Å². The Morgan fingerprint density at radius 2 is 2.00 bits per heavy atom. The average Bonchev–Trinajstić information content (AvgIpc) is 2.84. The van der Waals surface area contributed by atoms with Crippen molar-refractivity contribution >= 4 is 23.4 Å². The molecule has 3 nitrogen and oxygen atoms in total. The van der Waals surface area contributed by atoms with E-state index in [2.05, 4.69) is 0 Å². The minimum atomic E-state index is 0.526. The van der Waals surface area contributed by atoms with E-state index in [4.69, 9.17) is 16.3 Å². The highest BCUT2D eigenvalue weighted by molar-refractivity contribution is 6.32. The summed E-state index contributed by atoms with van der Waals surface area (Å²) in [6.07, 6.45) is 2.78. The first-order valence-corrected chi connectivity index (χ1v) is 6.92. The Balaban J connectivity index is 2.24. The van der Waals surface area contributed by atoms with Gasteiger partial charge in [-0.3, -0.25) is 4.79 Å². The fourth-order valence-electron chi connectivity index (χ4n) is 2.50. The van der Waals surface area contributed by atoms with E-state index in [1.54, 1.807) is 13.2 Å². The molecule has 1 aromatic carbocycles. The maximum atomic E-state index is 11.5. The molecule has 3 aromatic rings. The number of aldehydes is 1. The van der Waals surface area contributed by atoms with Crippen molar-refractivity contribution < 1.29 is 9.53 Å². The second-order valence-electron chi connectivity index (χ2n) is 4.91. The molecule has 0 atom stereocenters. The molecule has 0 fully saturated rings. The van der Waals surface area contributed by atoms with Crippen LogP contribution in [0.2, 0.25) is 5.02 Å². The van der Waals surface area contributed by atoms with Crippen LogP contribution < -0.4 is 4.74 Å². The lowest BCUT2D eigenvalue weighted by molar-refractivity contribution is 0.111. The Morgan fingerprint density at radius 3 is 2.67 bits per heavy atom. The van der Waals surface area contributed by atoms with Gasteiger partial charge < -0.3 is 9.14 Å². The Bertz CT molecular complexity index is 836. The molecule has 21 heavy (non-hydrogen) atoms. The van der Waals surface area contributed by atoms with Crippen molar-refractivity contribution in [3.05, 3.63) is 58.9 Å². The third-order valence-electron chi connectivity index (χ3n) is 3.54. The molecule has 106 valence electrons. The Kier molecular flexibility index (Phi) is 3.43. The summed E-state index contributed by atoms with van der Waals surface area (Å²) in [7, 11) is 1.58. The summed E-state index contributed by atoms with van der Waals surface area (Å²) in [6.45, 7) is 2.03. The molecular formula is C17H14ClNO2. The van der Waals surface area contributed by atoms with Crippen LogP contribution in [-0.2, 0) is 0 Å². The number of rotatable bonds is 3. The van der Waals surface area contributed by atoms with Crippen LogP contribution in [0.1, 0.15) is 16.1 Å². The highest BCUT2D eigenvalue weighted by Gasteiger charge is 2.13. The smallest absolute Gasteiger partial charge is 0.167 e. The van der Waals surface area contributed by atoms with Crippen molar-refractivity contribution in [1.82, 2.24) is 4.40 Å². The Labute approximate surface area is 127 Å². The van der Waals surface area contributed by atoms with Crippen LogP contribution in [0.25, 0.3) is 16.6 Å². The summed E-state index contributed by atoms with van der Waals surface area (Å²) >= 11 is 6.18. The van der Waals surface area contributed by atoms with Crippen molar-refractivity contribution in [2.45, 2.75) is 6.92 Å². The quantitative estimate of drug-likeness (QED) is 0.672. The van der Waals surface area contributed by atoms with Gasteiger partial charge >= 0.3 is 0 Å². The number of hydrogen-bond acceptors (Lipinski definition) is 2. The van der Waals surface area contributed by atoms with Gasteiger partial charge in [0.1, 0.15) is 5.75 Å². The van der Waals surface area contributed by atoms with Crippen LogP contribution in [0.3, 0.4) is 0 Å². The first-order valence-electron chi connectivity index (χ1n) is 6.55. The maximum absolute atomic E-state index is 11.5. The number of fused-ring (bicyclic) bond motifs is 1. The SMILES string of the molecule is COc1ccc(-c2cc3cc(C)ccn3c2C=O)cc1Cl. The zero-order chi connectivity index (χ0) is 15.0. The number of nitrogens with zero attached hydrogens (tertiary/aromatic N) is 1. The molecule has 3 rings (SSSR count). The Morgan fingerprint density at radius 1 is 1.19 bits per heavy atom. The van der Waals surface area contributed by atoms with Gasteiger partial charge in [-0.15, -0.1) is 0 Å². The summed E-state index contributed by atoms with van der Waals surface area (Å²) in [5.74, 6) is 0.618. The highest BCUT2D eigenvalue weighted by Crippen LogP contribution is 2.33. The third-order valence-corrected chi connectivity index (χ3v) is 3.84. The molecule has 0 unspecified atom stereocenters. The molecule has 0 bridgehead atoms. The van der Waals surface area contributed by atoms with Gasteiger partial charge in [0, 0.05) is 17.3 Å². The van der Waals surface area contributed by atoms with Gasteiger partial charge in [-0.05, 0) is 48.4 Å². The van der Waals surface area contributed by atoms with Gasteiger partial charge in [0.25, 0.3) is 0 Å². The van der Waals surface area contributed by atoms with Crippen LogP contribution >= 0.6 is 11.6 Å². The summed E-state index contributed by atoms with van der Waals surface area (Å²) < 4.78 is 7.04. The van der Waals surface area contributed by atoms with Crippen LogP contribution in [0, 0.1) is 6.92 Å². The molecule has 0 amide bonds. The Hall–Kier alpha value is -2.26. The minimum Gasteiger partial charge on any atom is -0.495 e. The number of aromatic nitrogens is 1. The molecule has 0 aliphatic heterocycles. The number of hydrogen-bond donors (Lipinski definition) is 0. The first kappa shape index (κ1) is 13.7. The predicted molar refractivity (Wildman–Crippen MR) is 84.5 cm³/mol. The van der Waals surface area contributed by atoms with E-state index in [9.17, 15) is 4.79 Å². The molecule has 4 heteroatoms. The minimum absolute atomic E-state index is 0.526. The molecule has 0 saturated carbocycles. The number of ether oxygens (including phenoxy) is 1. The molecule has 0 spiro atoms. The standard InChI is InChI=1S/C17H14ClNO2/c1-11-5-6-19-13(7-11)9-14(16(19)10-20)12-3-4-17(21-2)15(18)8-12/h3-10H,1-2H3. The molecular weight excluding hydrogens is 286 g/mol. The van der Waals surface area contributed by atoms with Crippen LogP contribution in [0.5, 0.6) is 5.75 Å². The van der Waals surface area contributed by atoms with Crippen molar-refractivity contribution in [1.29, 1.82) is 0 Å². The van der Waals surface area contributed by atoms with Crippen LogP contribution in [-0.4, -0.2) is 17.8 Å². The van der Waals surface area contributed by atoms with Gasteiger partial charge in [-0.25, -0.2) is 0 Å². The molecule has 0 aliphatic carbocycles. The number of benzene rings is 1.